The normalized spacial score (nSPS) is 16.5. The van der Waals surface area contributed by atoms with Crippen LogP contribution < -0.4 is 10.6 Å². The number of rotatable bonds is 7. The number of ether oxygens (including phenoxy) is 1. The minimum Gasteiger partial charge on any atom is -0.465 e. The molecule has 2 aliphatic rings. The van der Waals surface area contributed by atoms with Crippen LogP contribution in [0.1, 0.15) is 37.7 Å². The van der Waals surface area contributed by atoms with E-state index in [1.807, 2.05) is 11.0 Å². The van der Waals surface area contributed by atoms with Crippen LogP contribution in [-0.2, 0) is 11.3 Å². The van der Waals surface area contributed by atoms with Crippen LogP contribution in [0.25, 0.3) is 0 Å². The van der Waals surface area contributed by atoms with Crippen molar-refractivity contribution in [3.63, 3.8) is 0 Å². The van der Waals surface area contributed by atoms with Gasteiger partial charge in [0, 0.05) is 55.4 Å². The second-order valence-corrected chi connectivity index (χ2v) is 9.35. The molecule has 1 aromatic heterocycles. The minimum atomic E-state index is -0.309. The van der Waals surface area contributed by atoms with Crippen LogP contribution in [0.2, 0.25) is 0 Å². The fourth-order valence-corrected chi connectivity index (χ4v) is 4.58. The first-order valence-corrected chi connectivity index (χ1v) is 11.7. The summed E-state index contributed by atoms with van der Waals surface area (Å²) in [5.74, 6) is 0.319. The first-order chi connectivity index (χ1) is 15.5. The molecule has 1 aliphatic heterocycles. The van der Waals surface area contributed by atoms with E-state index in [2.05, 4.69) is 15.5 Å². The Bertz CT molecular complexity index is 963. The van der Waals surface area contributed by atoms with Crippen molar-refractivity contribution in [2.45, 2.75) is 19.4 Å². The maximum absolute atomic E-state index is 12.9. The molecule has 0 unspecified atom stereocenters. The SMILES string of the molecule is COC(=O)c1ccc(CN2CCN(C(=O)c3ccc(NC(=O)NCC4CC4)cc3)CC2)s1. The number of carbonyl (C=O) groups excluding carboxylic acids is 3. The van der Waals surface area contributed by atoms with Crippen LogP contribution >= 0.6 is 11.3 Å². The summed E-state index contributed by atoms with van der Waals surface area (Å²) in [4.78, 5) is 42.2. The van der Waals surface area contributed by atoms with Crippen molar-refractivity contribution in [2.75, 3.05) is 45.2 Å². The van der Waals surface area contributed by atoms with Gasteiger partial charge in [0.1, 0.15) is 4.88 Å². The highest BCUT2D eigenvalue weighted by Crippen LogP contribution is 2.27. The zero-order valence-corrected chi connectivity index (χ0v) is 19.0. The monoisotopic (exact) mass is 456 g/mol. The second kappa shape index (κ2) is 10.1. The van der Waals surface area contributed by atoms with Crippen molar-refractivity contribution in [3.8, 4) is 0 Å². The van der Waals surface area contributed by atoms with Crippen LogP contribution in [0.4, 0.5) is 10.5 Å². The molecule has 2 fully saturated rings. The number of methoxy groups -OCH3 is 1. The molecule has 4 rings (SSSR count). The van der Waals surface area contributed by atoms with Crippen LogP contribution in [0, 0.1) is 5.92 Å². The van der Waals surface area contributed by atoms with Crippen molar-refractivity contribution in [1.82, 2.24) is 15.1 Å². The summed E-state index contributed by atoms with van der Waals surface area (Å²) < 4.78 is 4.76. The number of nitrogens with zero attached hydrogens (tertiary/aromatic N) is 2. The molecule has 0 spiro atoms. The van der Waals surface area contributed by atoms with Gasteiger partial charge in [-0.15, -0.1) is 11.3 Å². The lowest BCUT2D eigenvalue weighted by atomic mass is 10.1. The number of benzene rings is 1. The van der Waals surface area contributed by atoms with E-state index in [4.69, 9.17) is 4.74 Å². The highest BCUT2D eigenvalue weighted by atomic mass is 32.1. The second-order valence-electron chi connectivity index (χ2n) is 8.18. The lowest BCUT2D eigenvalue weighted by molar-refractivity contribution is 0.0603. The van der Waals surface area contributed by atoms with Gasteiger partial charge in [-0.2, -0.15) is 0 Å². The molecule has 3 amide bonds. The molecule has 0 atom stereocenters. The number of esters is 1. The molecule has 1 saturated carbocycles. The first-order valence-electron chi connectivity index (χ1n) is 10.9. The van der Waals surface area contributed by atoms with Gasteiger partial charge in [-0.3, -0.25) is 9.69 Å². The van der Waals surface area contributed by atoms with Crippen LogP contribution in [-0.4, -0.2) is 67.5 Å². The van der Waals surface area contributed by atoms with Crippen molar-refractivity contribution in [2.24, 2.45) is 5.92 Å². The molecular formula is C23H28N4O4S. The average molecular weight is 457 g/mol. The quantitative estimate of drug-likeness (QED) is 0.625. The van der Waals surface area contributed by atoms with Gasteiger partial charge < -0.3 is 20.3 Å². The average Bonchev–Trinajstić information content (AvgIpc) is 3.54. The predicted octanol–water partition coefficient (Wildman–Crippen LogP) is 3.02. The summed E-state index contributed by atoms with van der Waals surface area (Å²) in [6, 6.07) is 10.6. The van der Waals surface area contributed by atoms with Crippen LogP contribution in [0.3, 0.4) is 0 Å². The van der Waals surface area contributed by atoms with Gasteiger partial charge in [0.25, 0.3) is 5.91 Å². The van der Waals surface area contributed by atoms with E-state index in [0.717, 1.165) is 24.5 Å². The fourth-order valence-electron chi connectivity index (χ4n) is 3.62. The third-order valence-corrected chi connectivity index (χ3v) is 6.78. The molecule has 0 radical (unpaired) electrons. The Balaban J connectivity index is 1.23. The number of hydrogen-bond donors (Lipinski definition) is 2. The molecule has 0 bridgehead atoms. The van der Waals surface area contributed by atoms with Gasteiger partial charge >= 0.3 is 12.0 Å². The zero-order chi connectivity index (χ0) is 22.5. The van der Waals surface area contributed by atoms with Crippen LogP contribution in [0.15, 0.2) is 36.4 Å². The number of hydrogen-bond acceptors (Lipinski definition) is 6. The van der Waals surface area contributed by atoms with Crippen molar-refractivity contribution >= 4 is 34.9 Å². The number of carbonyl (C=O) groups is 3. The maximum atomic E-state index is 12.9. The molecule has 32 heavy (non-hydrogen) atoms. The van der Waals surface area contributed by atoms with E-state index < -0.39 is 0 Å². The summed E-state index contributed by atoms with van der Waals surface area (Å²) >= 11 is 1.44. The highest BCUT2D eigenvalue weighted by molar-refractivity contribution is 7.13. The number of amides is 3. The Hall–Kier alpha value is -2.91. The Morgan fingerprint density at radius 1 is 1.03 bits per heavy atom. The predicted molar refractivity (Wildman–Crippen MR) is 123 cm³/mol. The molecule has 2 heterocycles. The summed E-state index contributed by atoms with van der Waals surface area (Å²) in [5, 5.41) is 5.66. The molecule has 170 valence electrons. The van der Waals surface area contributed by atoms with E-state index in [0.29, 0.717) is 41.7 Å². The fraction of sp³-hybridized carbons (Fsp3) is 0.435. The van der Waals surface area contributed by atoms with Crippen molar-refractivity contribution in [1.29, 1.82) is 0 Å². The van der Waals surface area contributed by atoms with Gasteiger partial charge in [0.2, 0.25) is 0 Å². The standard InChI is InChI=1S/C23H28N4O4S/c1-31-22(29)20-9-8-19(32-20)15-26-10-12-27(13-11-26)21(28)17-4-6-18(7-5-17)25-23(30)24-14-16-2-3-16/h4-9,16H,2-3,10-15H2,1H3,(H2,24,25,30). The minimum absolute atomic E-state index is 0.00140. The lowest BCUT2D eigenvalue weighted by Crippen LogP contribution is -2.48. The molecule has 1 saturated heterocycles. The molecule has 8 nitrogen and oxygen atoms in total. The third-order valence-electron chi connectivity index (χ3n) is 5.73. The largest absolute Gasteiger partial charge is 0.465 e. The molecule has 1 aliphatic carbocycles. The number of nitrogens with one attached hydrogen (secondary N) is 2. The van der Waals surface area contributed by atoms with Crippen molar-refractivity contribution in [3.05, 3.63) is 51.7 Å². The van der Waals surface area contributed by atoms with Gasteiger partial charge in [-0.1, -0.05) is 0 Å². The molecule has 1 aromatic carbocycles. The van der Waals surface area contributed by atoms with E-state index in [9.17, 15) is 14.4 Å². The number of thiophene rings is 1. The number of anilines is 1. The highest BCUT2D eigenvalue weighted by Gasteiger charge is 2.23. The molecular weight excluding hydrogens is 428 g/mol. The molecule has 2 N–H and O–H groups in total. The summed E-state index contributed by atoms with van der Waals surface area (Å²) in [6.45, 7) is 4.32. The maximum Gasteiger partial charge on any atom is 0.348 e. The van der Waals surface area contributed by atoms with Crippen LogP contribution in [0.5, 0.6) is 0 Å². The van der Waals surface area contributed by atoms with Gasteiger partial charge in [-0.25, -0.2) is 9.59 Å². The third kappa shape index (κ3) is 5.86. The van der Waals surface area contributed by atoms with E-state index in [-0.39, 0.29) is 17.9 Å². The smallest absolute Gasteiger partial charge is 0.348 e. The van der Waals surface area contributed by atoms with Gasteiger partial charge in [-0.05, 0) is 55.2 Å². The Morgan fingerprint density at radius 3 is 2.41 bits per heavy atom. The van der Waals surface area contributed by atoms with E-state index >= 15 is 0 Å². The molecule has 2 aromatic rings. The topological polar surface area (TPSA) is 91.0 Å². The van der Waals surface area contributed by atoms with Gasteiger partial charge in [0.05, 0.1) is 7.11 Å². The van der Waals surface area contributed by atoms with Crippen molar-refractivity contribution < 1.29 is 19.1 Å². The first kappa shape index (κ1) is 22.3. The Kier molecular flexibility index (Phi) is 7.06. The molecule has 9 heteroatoms. The number of urea groups is 1. The Morgan fingerprint density at radius 2 is 1.75 bits per heavy atom. The van der Waals surface area contributed by atoms with E-state index in [1.165, 1.54) is 31.3 Å². The summed E-state index contributed by atoms with van der Waals surface area (Å²) in [5.41, 5.74) is 1.28. The summed E-state index contributed by atoms with van der Waals surface area (Å²) in [7, 11) is 1.38. The zero-order valence-electron chi connectivity index (χ0n) is 18.1. The lowest BCUT2D eigenvalue weighted by Gasteiger charge is -2.34. The van der Waals surface area contributed by atoms with E-state index in [1.54, 1.807) is 30.3 Å². The number of piperazine rings is 1. The summed E-state index contributed by atoms with van der Waals surface area (Å²) in [6.07, 6.45) is 2.38. The van der Waals surface area contributed by atoms with Gasteiger partial charge in [0.15, 0.2) is 0 Å². The Labute approximate surface area is 191 Å².